The van der Waals surface area contributed by atoms with Crippen LogP contribution in [0.2, 0.25) is 0 Å². The maximum absolute atomic E-state index is 6.03. The van der Waals surface area contributed by atoms with Crippen LogP contribution in [-0.2, 0) is 12.2 Å². The van der Waals surface area contributed by atoms with E-state index in [2.05, 4.69) is 48.5 Å². The first kappa shape index (κ1) is 15.4. The minimum Gasteiger partial charge on any atom is -0.0622 e. The molecule has 0 aliphatic heterocycles. The Labute approximate surface area is 144 Å². The monoisotopic (exact) mass is 351 g/mol. The number of hydrogen-bond donors (Lipinski definition) is 0. The third-order valence-electron chi connectivity index (χ3n) is 3.31. The zero-order chi connectivity index (χ0) is 15.4. The van der Waals surface area contributed by atoms with E-state index in [0.717, 1.165) is 12.2 Å². The first-order valence-electron chi connectivity index (χ1n) is 6.84. The zero-order valence-electron chi connectivity index (χ0n) is 11.8. The fraction of sp³-hybridized carbons (Fsp3) is 0.125. The minimum atomic E-state index is 0.821. The highest BCUT2D eigenvalue weighted by molar-refractivity contribution is 7.96. The molecule has 3 rings (SSSR count). The maximum atomic E-state index is 6.03. The molecule has 0 spiro atoms. The molecule has 0 bridgehead atoms. The molecule has 2 aromatic carbocycles. The average Bonchev–Trinajstić information content (AvgIpc) is 2.85. The van der Waals surface area contributed by atoms with Crippen LogP contribution in [-0.4, -0.2) is 4.09 Å². The van der Waals surface area contributed by atoms with Crippen molar-refractivity contribution in [2.24, 2.45) is 0 Å². The molecule has 22 heavy (non-hydrogen) atoms. The summed E-state index contributed by atoms with van der Waals surface area (Å²) < 4.78 is 4.61. The van der Waals surface area contributed by atoms with Gasteiger partial charge in [-0.15, -0.1) is 0 Å². The van der Waals surface area contributed by atoms with E-state index >= 15 is 0 Å². The van der Waals surface area contributed by atoms with Crippen molar-refractivity contribution in [3.8, 4) is 0 Å². The van der Waals surface area contributed by atoms with Gasteiger partial charge in [0.2, 0.25) is 11.8 Å². The van der Waals surface area contributed by atoms with Crippen molar-refractivity contribution < 1.29 is 8.29 Å². The van der Waals surface area contributed by atoms with E-state index in [1.54, 1.807) is 28.7 Å². The van der Waals surface area contributed by atoms with Crippen molar-refractivity contribution in [2.45, 2.75) is 12.2 Å². The summed E-state index contributed by atoms with van der Waals surface area (Å²) in [7, 11) is 0. The van der Waals surface area contributed by atoms with Crippen LogP contribution >= 0.6 is 35.5 Å². The van der Waals surface area contributed by atoms with Crippen molar-refractivity contribution in [1.82, 2.24) is 4.09 Å². The quantitative estimate of drug-likeness (QED) is 0.686. The molecule has 3 nitrogen and oxygen atoms in total. The number of benzene rings is 2. The molecule has 0 aliphatic carbocycles. The zero-order valence-corrected chi connectivity index (χ0v) is 14.1. The molecule has 0 aliphatic rings. The lowest BCUT2D eigenvalue weighted by molar-refractivity contribution is -0.658. The first-order valence-corrected chi connectivity index (χ1v) is 8.46. The number of rotatable bonds is 5. The molecule has 0 saturated carbocycles. The number of aromatic nitrogens is 3. The number of hydrogen-bond acceptors (Lipinski definition) is 1. The second-order valence-electron chi connectivity index (χ2n) is 4.87. The lowest BCUT2D eigenvalue weighted by atomic mass is 10.0. The van der Waals surface area contributed by atoms with Gasteiger partial charge in [-0.1, -0.05) is 54.6 Å². The third kappa shape index (κ3) is 3.83. The summed E-state index contributed by atoms with van der Waals surface area (Å²) in [5.74, 6) is 0.821. The molecule has 112 valence electrons. The highest BCUT2D eigenvalue weighted by atomic mass is 35.5. The van der Waals surface area contributed by atoms with Gasteiger partial charge < -0.3 is 0 Å². The SMILES string of the molecule is Cl[n+]1cn(SCc2ccccc2Cc2ccccc2)[n+](Cl)c1. The van der Waals surface area contributed by atoms with Crippen molar-refractivity contribution in [1.29, 1.82) is 0 Å². The van der Waals surface area contributed by atoms with E-state index in [1.807, 2.05) is 6.07 Å². The van der Waals surface area contributed by atoms with Crippen LogP contribution in [0.5, 0.6) is 0 Å². The summed E-state index contributed by atoms with van der Waals surface area (Å²) in [6.45, 7) is 0. The topological polar surface area (TPSA) is 12.7 Å². The van der Waals surface area contributed by atoms with Gasteiger partial charge >= 0.3 is 12.7 Å². The Balaban J connectivity index is 1.75. The molecule has 0 radical (unpaired) electrons. The number of halogens is 2. The molecule has 0 fully saturated rings. The normalized spacial score (nSPS) is 10.8. The Hall–Kier alpha value is -1.49. The molecular formula is C16H15Cl2N3S+2. The number of nitrogens with zero attached hydrogens (tertiary/aromatic N) is 3. The van der Waals surface area contributed by atoms with Gasteiger partial charge in [-0.05, 0) is 27.2 Å². The van der Waals surface area contributed by atoms with Crippen molar-refractivity contribution >= 4 is 35.5 Å². The van der Waals surface area contributed by atoms with Crippen LogP contribution in [0.1, 0.15) is 16.7 Å². The molecule has 1 aromatic heterocycles. The van der Waals surface area contributed by atoms with E-state index in [4.69, 9.17) is 23.6 Å². The summed E-state index contributed by atoms with van der Waals surface area (Å²) in [6.07, 6.45) is 4.24. The van der Waals surface area contributed by atoms with Crippen LogP contribution in [0.4, 0.5) is 0 Å². The van der Waals surface area contributed by atoms with Gasteiger partial charge in [0, 0.05) is 0 Å². The van der Waals surface area contributed by atoms with Gasteiger partial charge in [-0.2, -0.15) is 0 Å². The smallest absolute Gasteiger partial charge is 0.0622 e. The molecule has 0 amide bonds. The van der Waals surface area contributed by atoms with Crippen LogP contribution < -0.4 is 8.29 Å². The van der Waals surface area contributed by atoms with Crippen LogP contribution in [0.25, 0.3) is 0 Å². The van der Waals surface area contributed by atoms with E-state index in [9.17, 15) is 0 Å². The van der Waals surface area contributed by atoms with Crippen molar-refractivity contribution in [3.63, 3.8) is 0 Å². The lowest BCUT2D eigenvalue weighted by Gasteiger charge is -2.07. The summed E-state index contributed by atoms with van der Waals surface area (Å²) in [5.41, 5.74) is 3.93. The van der Waals surface area contributed by atoms with Gasteiger partial charge in [0.25, 0.3) is 0 Å². The second-order valence-corrected chi connectivity index (χ2v) is 6.53. The highest BCUT2D eigenvalue weighted by Gasteiger charge is 2.20. The van der Waals surface area contributed by atoms with Crippen LogP contribution in [0.15, 0.2) is 67.3 Å². The Kier molecular flexibility index (Phi) is 5.03. The predicted molar refractivity (Wildman–Crippen MR) is 89.7 cm³/mol. The Bertz CT molecular complexity index is 759. The van der Waals surface area contributed by atoms with E-state index in [0.29, 0.717) is 0 Å². The maximum Gasteiger partial charge on any atom is 0.388 e. The molecule has 0 N–H and O–H groups in total. The minimum absolute atomic E-state index is 0.821. The van der Waals surface area contributed by atoms with Crippen LogP contribution in [0.3, 0.4) is 0 Å². The van der Waals surface area contributed by atoms with Gasteiger partial charge in [-0.3, -0.25) is 0 Å². The first-order chi connectivity index (χ1) is 10.7. The molecule has 6 heteroatoms. The highest BCUT2D eigenvalue weighted by Crippen LogP contribution is 2.19. The van der Waals surface area contributed by atoms with Crippen LogP contribution in [0, 0.1) is 0 Å². The van der Waals surface area contributed by atoms with Gasteiger partial charge in [0.15, 0.2) is 23.7 Å². The van der Waals surface area contributed by atoms with Gasteiger partial charge in [0.05, 0.1) is 14.0 Å². The molecular weight excluding hydrogens is 337 g/mol. The summed E-state index contributed by atoms with van der Waals surface area (Å²) in [6, 6.07) is 19.0. The standard InChI is InChI=1S/C16H15Cl2N3S/c17-19-12-20(18)21(13-19)22-11-16-9-5-4-8-15(16)10-14-6-2-1-3-7-14/h1-9,12-13H,10-11H2/q+2. The average molecular weight is 352 g/mol. The fourth-order valence-electron chi connectivity index (χ4n) is 2.23. The third-order valence-corrected chi connectivity index (χ3v) is 4.80. The van der Waals surface area contributed by atoms with E-state index < -0.39 is 0 Å². The summed E-state index contributed by atoms with van der Waals surface area (Å²) >= 11 is 13.5. The Morgan fingerprint density at radius 2 is 1.59 bits per heavy atom. The predicted octanol–water partition coefficient (Wildman–Crippen LogP) is 3.35. The van der Waals surface area contributed by atoms with Crippen molar-refractivity contribution in [3.05, 3.63) is 83.9 Å². The lowest BCUT2D eigenvalue weighted by Crippen LogP contribution is -2.29. The second kappa shape index (κ2) is 7.18. The largest absolute Gasteiger partial charge is 0.388 e. The molecule has 0 atom stereocenters. The van der Waals surface area contributed by atoms with Gasteiger partial charge in [0.1, 0.15) is 0 Å². The van der Waals surface area contributed by atoms with Crippen molar-refractivity contribution in [2.75, 3.05) is 0 Å². The molecule has 0 unspecified atom stereocenters. The Morgan fingerprint density at radius 1 is 0.909 bits per heavy atom. The summed E-state index contributed by atoms with van der Waals surface area (Å²) in [4.78, 5) is 0. The van der Waals surface area contributed by atoms with E-state index in [-0.39, 0.29) is 0 Å². The Morgan fingerprint density at radius 3 is 2.27 bits per heavy atom. The molecule has 1 heterocycles. The molecule has 3 aromatic rings. The van der Waals surface area contributed by atoms with Gasteiger partial charge in [-0.25, -0.2) is 0 Å². The fourth-order valence-corrected chi connectivity index (χ4v) is 3.63. The van der Waals surface area contributed by atoms with E-state index in [1.165, 1.54) is 25.0 Å². The molecule has 0 saturated heterocycles. The summed E-state index contributed by atoms with van der Waals surface area (Å²) in [5, 5.41) is 0.